The highest BCUT2D eigenvalue weighted by Crippen LogP contribution is 2.33. The number of amides is 2. The van der Waals surface area contributed by atoms with Crippen molar-refractivity contribution in [3.63, 3.8) is 0 Å². The summed E-state index contributed by atoms with van der Waals surface area (Å²) in [4.78, 5) is 28.6. The quantitative estimate of drug-likeness (QED) is 0.301. The Balaban J connectivity index is 2.06. The van der Waals surface area contributed by atoms with Gasteiger partial charge >= 0.3 is 0 Å². The average molecular weight is 582 g/mol. The van der Waals surface area contributed by atoms with Gasteiger partial charge in [-0.05, 0) is 61.7 Å². The first-order chi connectivity index (χ1) is 19.6. The van der Waals surface area contributed by atoms with Crippen LogP contribution in [-0.4, -0.2) is 58.0 Å². The van der Waals surface area contributed by atoms with Crippen molar-refractivity contribution in [1.29, 1.82) is 0 Å². The molecule has 0 heterocycles. The summed E-state index contributed by atoms with van der Waals surface area (Å²) in [6.45, 7) is 7.66. The molecule has 0 aliphatic rings. The third kappa shape index (κ3) is 8.23. The van der Waals surface area contributed by atoms with Crippen molar-refractivity contribution in [2.24, 2.45) is 5.92 Å². The van der Waals surface area contributed by atoms with Crippen LogP contribution in [0.4, 0.5) is 5.69 Å². The first-order valence-electron chi connectivity index (χ1n) is 13.6. The standard InChI is InChI=1S/C31H39N3O6S/c1-6-40-29-18-11-10-17-28(29)34(41(37,38)27-15-8-7-9-16-27)22-30(35)33(24(4)31(36)32-20-23(2)3)21-25-13-12-14-26(19-25)39-5/h7-19,23-24H,6,20-22H2,1-5H3,(H,32,36). The first-order valence-corrected chi connectivity index (χ1v) is 15.0. The van der Waals surface area contributed by atoms with Gasteiger partial charge in [-0.2, -0.15) is 0 Å². The van der Waals surface area contributed by atoms with Crippen molar-refractivity contribution in [3.05, 3.63) is 84.4 Å². The van der Waals surface area contributed by atoms with E-state index in [0.717, 1.165) is 9.87 Å². The molecule has 9 nitrogen and oxygen atoms in total. The summed E-state index contributed by atoms with van der Waals surface area (Å²) in [5, 5.41) is 2.88. The van der Waals surface area contributed by atoms with Crippen LogP contribution in [0, 0.1) is 5.92 Å². The SMILES string of the molecule is CCOc1ccccc1N(CC(=O)N(Cc1cccc(OC)c1)C(C)C(=O)NCC(C)C)S(=O)(=O)c1ccccc1. The highest BCUT2D eigenvalue weighted by molar-refractivity contribution is 7.92. The minimum absolute atomic E-state index is 0.0289. The third-order valence-electron chi connectivity index (χ3n) is 6.38. The molecule has 1 unspecified atom stereocenters. The van der Waals surface area contributed by atoms with Crippen LogP contribution in [-0.2, 0) is 26.2 Å². The van der Waals surface area contributed by atoms with Crippen LogP contribution in [0.25, 0.3) is 0 Å². The van der Waals surface area contributed by atoms with E-state index in [9.17, 15) is 18.0 Å². The predicted molar refractivity (Wildman–Crippen MR) is 159 cm³/mol. The van der Waals surface area contributed by atoms with E-state index in [1.54, 1.807) is 81.6 Å². The largest absolute Gasteiger partial charge is 0.497 e. The van der Waals surface area contributed by atoms with Gasteiger partial charge in [0.25, 0.3) is 10.0 Å². The number of hydrogen-bond acceptors (Lipinski definition) is 6. The fraction of sp³-hybridized carbons (Fsp3) is 0.355. The Kier molecular flexibility index (Phi) is 11.2. The maximum absolute atomic E-state index is 14.1. The number of hydrogen-bond donors (Lipinski definition) is 1. The maximum Gasteiger partial charge on any atom is 0.264 e. The van der Waals surface area contributed by atoms with E-state index in [1.165, 1.54) is 17.0 Å². The van der Waals surface area contributed by atoms with E-state index in [1.807, 2.05) is 19.9 Å². The molecule has 1 N–H and O–H groups in total. The van der Waals surface area contributed by atoms with Crippen LogP contribution in [0.15, 0.2) is 83.8 Å². The van der Waals surface area contributed by atoms with Crippen molar-refractivity contribution in [2.75, 3.05) is 31.1 Å². The molecule has 10 heteroatoms. The molecule has 220 valence electrons. The lowest BCUT2D eigenvalue weighted by atomic mass is 10.1. The van der Waals surface area contributed by atoms with Crippen molar-refractivity contribution in [1.82, 2.24) is 10.2 Å². The van der Waals surface area contributed by atoms with Crippen LogP contribution in [0.5, 0.6) is 11.5 Å². The third-order valence-corrected chi connectivity index (χ3v) is 8.16. The second kappa shape index (κ2) is 14.5. The molecule has 0 bridgehead atoms. The number of nitrogens with one attached hydrogen (secondary N) is 1. The monoisotopic (exact) mass is 581 g/mol. The van der Waals surface area contributed by atoms with E-state index >= 15 is 0 Å². The molecule has 0 saturated carbocycles. The van der Waals surface area contributed by atoms with Crippen molar-refractivity contribution < 1.29 is 27.5 Å². The Morgan fingerprint density at radius 1 is 0.927 bits per heavy atom. The number of sulfonamides is 1. The highest BCUT2D eigenvalue weighted by Gasteiger charge is 2.33. The molecule has 2 amide bonds. The van der Waals surface area contributed by atoms with Crippen molar-refractivity contribution in [2.45, 2.75) is 45.2 Å². The fourth-order valence-electron chi connectivity index (χ4n) is 4.18. The number of para-hydroxylation sites is 2. The molecule has 0 aliphatic carbocycles. The summed E-state index contributed by atoms with van der Waals surface area (Å²) >= 11 is 0. The summed E-state index contributed by atoms with van der Waals surface area (Å²) in [6.07, 6.45) is 0. The zero-order valence-corrected chi connectivity index (χ0v) is 25.1. The van der Waals surface area contributed by atoms with Crippen LogP contribution in [0.3, 0.4) is 0 Å². The van der Waals surface area contributed by atoms with Crippen LogP contribution < -0.4 is 19.1 Å². The van der Waals surface area contributed by atoms with E-state index < -0.39 is 28.5 Å². The molecule has 0 aromatic heterocycles. The Bertz CT molecular complexity index is 1410. The Morgan fingerprint density at radius 2 is 1.61 bits per heavy atom. The molecule has 0 aliphatic heterocycles. The van der Waals surface area contributed by atoms with Gasteiger partial charge in [-0.1, -0.05) is 56.3 Å². The molecular weight excluding hydrogens is 542 g/mol. The number of carbonyl (C=O) groups excluding carboxylic acids is 2. The average Bonchev–Trinajstić information content (AvgIpc) is 2.98. The highest BCUT2D eigenvalue weighted by atomic mass is 32.2. The topological polar surface area (TPSA) is 105 Å². The minimum Gasteiger partial charge on any atom is -0.497 e. The fourth-order valence-corrected chi connectivity index (χ4v) is 5.62. The molecule has 1 atom stereocenters. The van der Waals surface area contributed by atoms with Gasteiger partial charge in [0.05, 0.1) is 24.3 Å². The Hall–Kier alpha value is -4.05. The van der Waals surface area contributed by atoms with Gasteiger partial charge in [-0.25, -0.2) is 8.42 Å². The van der Waals surface area contributed by atoms with E-state index in [0.29, 0.717) is 24.7 Å². The zero-order valence-electron chi connectivity index (χ0n) is 24.2. The van der Waals surface area contributed by atoms with Crippen molar-refractivity contribution >= 4 is 27.5 Å². The number of carbonyl (C=O) groups is 2. The summed E-state index contributed by atoms with van der Waals surface area (Å²) in [5.41, 5.74) is 0.957. The molecule has 0 saturated heterocycles. The summed E-state index contributed by atoms with van der Waals surface area (Å²) < 4.78 is 40.1. The molecule has 0 radical (unpaired) electrons. The Labute approximate surface area is 243 Å². The summed E-state index contributed by atoms with van der Waals surface area (Å²) in [6, 6.07) is 20.9. The second-order valence-corrected chi connectivity index (χ2v) is 11.8. The number of anilines is 1. The normalized spacial score (nSPS) is 12.0. The summed E-state index contributed by atoms with van der Waals surface area (Å²) in [5.74, 6) is 0.262. The number of nitrogens with zero attached hydrogens (tertiary/aromatic N) is 2. The molecule has 3 aromatic rings. The lowest BCUT2D eigenvalue weighted by molar-refractivity contribution is -0.139. The molecular formula is C31H39N3O6S. The zero-order chi connectivity index (χ0) is 30.0. The molecule has 0 fully saturated rings. The van der Waals surface area contributed by atoms with Gasteiger partial charge in [0.2, 0.25) is 11.8 Å². The number of ether oxygens (including phenoxy) is 2. The smallest absolute Gasteiger partial charge is 0.264 e. The Morgan fingerprint density at radius 3 is 2.27 bits per heavy atom. The predicted octanol–water partition coefficient (Wildman–Crippen LogP) is 4.48. The van der Waals surface area contributed by atoms with Gasteiger partial charge in [-0.3, -0.25) is 13.9 Å². The van der Waals surface area contributed by atoms with Gasteiger partial charge in [0, 0.05) is 13.1 Å². The van der Waals surface area contributed by atoms with E-state index in [-0.39, 0.29) is 29.0 Å². The number of rotatable bonds is 14. The van der Waals surface area contributed by atoms with Gasteiger partial charge in [0.15, 0.2) is 0 Å². The minimum atomic E-state index is -4.19. The molecule has 41 heavy (non-hydrogen) atoms. The van der Waals surface area contributed by atoms with Crippen molar-refractivity contribution in [3.8, 4) is 11.5 Å². The second-order valence-electron chi connectivity index (χ2n) is 9.91. The van der Waals surface area contributed by atoms with Gasteiger partial charge in [-0.15, -0.1) is 0 Å². The lowest BCUT2D eigenvalue weighted by Crippen LogP contribution is -2.51. The first kappa shape index (κ1) is 31.5. The molecule has 3 rings (SSSR count). The molecule has 0 spiro atoms. The van der Waals surface area contributed by atoms with Crippen LogP contribution >= 0.6 is 0 Å². The number of methoxy groups -OCH3 is 1. The van der Waals surface area contributed by atoms with E-state index in [4.69, 9.17) is 9.47 Å². The van der Waals surface area contributed by atoms with Crippen LogP contribution in [0.2, 0.25) is 0 Å². The maximum atomic E-state index is 14.1. The lowest BCUT2D eigenvalue weighted by Gasteiger charge is -2.32. The van der Waals surface area contributed by atoms with Gasteiger partial charge < -0.3 is 19.7 Å². The number of benzene rings is 3. The van der Waals surface area contributed by atoms with E-state index in [2.05, 4.69) is 5.32 Å². The summed E-state index contributed by atoms with van der Waals surface area (Å²) in [7, 11) is -2.64. The molecule has 3 aromatic carbocycles. The van der Waals surface area contributed by atoms with Gasteiger partial charge in [0.1, 0.15) is 24.1 Å². The van der Waals surface area contributed by atoms with Crippen LogP contribution in [0.1, 0.15) is 33.3 Å².